The molecule has 0 saturated carbocycles. The second-order valence-corrected chi connectivity index (χ2v) is 6.03. The number of amides is 1. The van der Waals surface area contributed by atoms with Crippen molar-refractivity contribution in [3.8, 4) is 0 Å². The molecule has 1 aromatic heterocycles. The molecule has 2 N–H and O–H groups in total. The van der Waals surface area contributed by atoms with Gasteiger partial charge in [0, 0.05) is 6.07 Å². The lowest BCUT2D eigenvalue weighted by Gasteiger charge is -2.23. The van der Waals surface area contributed by atoms with Crippen LogP contribution < -0.4 is 10.9 Å². The molecule has 1 aromatic carbocycles. The number of hydrogen-bond acceptors (Lipinski definition) is 3. The van der Waals surface area contributed by atoms with E-state index in [-0.39, 0.29) is 11.6 Å². The van der Waals surface area contributed by atoms with Crippen LogP contribution in [0.25, 0.3) is 0 Å². The number of aryl methyl sites for hydroxylation is 1. The van der Waals surface area contributed by atoms with Crippen LogP contribution in [-0.4, -0.2) is 15.9 Å². The molecule has 0 fully saturated rings. The highest BCUT2D eigenvalue weighted by molar-refractivity contribution is 5.92. The second-order valence-electron chi connectivity index (χ2n) is 6.03. The van der Waals surface area contributed by atoms with Crippen molar-refractivity contribution in [3.63, 3.8) is 0 Å². The third kappa shape index (κ3) is 4.68. The number of alkyl halides is 3. The first-order chi connectivity index (χ1) is 11.6. The van der Waals surface area contributed by atoms with Crippen molar-refractivity contribution >= 4 is 5.91 Å². The summed E-state index contributed by atoms with van der Waals surface area (Å²) in [6.07, 6.45) is -4.42. The van der Waals surface area contributed by atoms with E-state index < -0.39 is 29.2 Å². The Balaban J connectivity index is 2.26. The number of rotatable bonds is 4. The van der Waals surface area contributed by atoms with Crippen LogP contribution in [0.2, 0.25) is 0 Å². The second kappa shape index (κ2) is 7.08. The van der Waals surface area contributed by atoms with E-state index in [2.05, 4.69) is 15.3 Å². The highest BCUT2D eigenvalue weighted by Gasteiger charge is 2.30. The smallest absolute Gasteiger partial charge is 0.344 e. The Hall–Kier alpha value is -2.64. The number of hydrogen-bond donors (Lipinski definition) is 2. The molecule has 134 valence electrons. The maximum atomic E-state index is 12.7. The monoisotopic (exact) mass is 353 g/mol. The van der Waals surface area contributed by atoms with Gasteiger partial charge in [0.25, 0.3) is 11.5 Å². The fraction of sp³-hybridized carbons (Fsp3) is 0.353. The number of halogens is 3. The van der Waals surface area contributed by atoms with Gasteiger partial charge < -0.3 is 10.3 Å². The average molecular weight is 353 g/mol. The number of carbonyl (C=O) groups is 1. The van der Waals surface area contributed by atoms with E-state index in [0.29, 0.717) is 11.4 Å². The molecule has 0 aliphatic heterocycles. The molecule has 0 bridgehead atoms. The number of nitrogens with one attached hydrogen (secondary N) is 2. The number of aromatic amines is 1. The number of carbonyl (C=O) groups excluding carboxylic acids is 1. The molecule has 5 nitrogen and oxygen atoms in total. The minimum Gasteiger partial charge on any atom is -0.344 e. The molecule has 0 saturated heterocycles. The fourth-order valence-corrected chi connectivity index (χ4v) is 2.43. The van der Waals surface area contributed by atoms with Crippen molar-refractivity contribution in [2.75, 3.05) is 0 Å². The molecule has 25 heavy (non-hydrogen) atoms. The maximum absolute atomic E-state index is 12.7. The van der Waals surface area contributed by atoms with Crippen LogP contribution in [0.5, 0.6) is 0 Å². The molecule has 1 heterocycles. The summed E-state index contributed by atoms with van der Waals surface area (Å²) in [5, 5.41) is 2.73. The first-order valence-corrected chi connectivity index (χ1v) is 7.64. The first kappa shape index (κ1) is 18.7. The van der Waals surface area contributed by atoms with Gasteiger partial charge in [-0.25, -0.2) is 4.98 Å². The van der Waals surface area contributed by atoms with E-state index in [1.807, 2.05) is 13.8 Å². The third-order valence-corrected chi connectivity index (χ3v) is 3.64. The zero-order chi connectivity index (χ0) is 18.8. The lowest BCUT2D eigenvalue weighted by atomic mass is 9.95. The Bertz CT molecular complexity index is 811. The van der Waals surface area contributed by atoms with E-state index in [1.54, 1.807) is 6.92 Å². The molecule has 8 heteroatoms. The Morgan fingerprint density at radius 1 is 1.20 bits per heavy atom. The van der Waals surface area contributed by atoms with Gasteiger partial charge in [-0.05, 0) is 30.5 Å². The maximum Gasteiger partial charge on any atom is 0.416 e. The van der Waals surface area contributed by atoms with E-state index in [1.165, 1.54) is 12.1 Å². The van der Waals surface area contributed by atoms with Gasteiger partial charge in [-0.1, -0.05) is 26.0 Å². The van der Waals surface area contributed by atoms with Crippen molar-refractivity contribution in [3.05, 3.63) is 63.3 Å². The molecule has 0 spiro atoms. The molecule has 0 unspecified atom stereocenters. The average Bonchev–Trinajstić information content (AvgIpc) is 2.50. The minimum atomic E-state index is -4.42. The Morgan fingerprint density at radius 2 is 1.80 bits per heavy atom. The van der Waals surface area contributed by atoms with E-state index in [0.717, 1.165) is 18.2 Å². The molecular weight excluding hydrogens is 335 g/mol. The summed E-state index contributed by atoms with van der Waals surface area (Å²) in [6, 6.07) is 5.19. The van der Waals surface area contributed by atoms with Gasteiger partial charge in [0.05, 0.1) is 11.6 Å². The van der Waals surface area contributed by atoms with Crippen molar-refractivity contribution in [2.24, 2.45) is 5.92 Å². The lowest BCUT2D eigenvalue weighted by molar-refractivity contribution is -0.137. The van der Waals surface area contributed by atoms with Crippen LogP contribution in [0.1, 0.15) is 47.3 Å². The van der Waals surface area contributed by atoms with Crippen molar-refractivity contribution in [1.82, 2.24) is 15.3 Å². The summed E-state index contributed by atoms with van der Waals surface area (Å²) in [7, 11) is 0. The van der Waals surface area contributed by atoms with Crippen LogP contribution >= 0.6 is 0 Å². The molecule has 0 aliphatic carbocycles. The predicted molar refractivity (Wildman–Crippen MR) is 86.1 cm³/mol. The van der Waals surface area contributed by atoms with Crippen LogP contribution in [-0.2, 0) is 6.18 Å². The molecule has 2 rings (SSSR count). The van der Waals surface area contributed by atoms with E-state index in [4.69, 9.17) is 0 Å². The van der Waals surface area contributed by atoms with Gasteiger partial charge in [-0.2, -0.15) is 13.2 Å². The van der Waals surface area contributed by atoms with Gasteiger partial charge in [0.2, 0.25) is 0 Å². The van der Waals surface area contributed by atoms with Crippen LogP contribution in [0.4, 0.5) is 13.2 Å². The van der Waals surface area contributed by atoms with E-state index >= 15 is 0 Å². The molecule has 0 aliphatic rings. The SMILES string of the molecule is Cc1nc(C(=O)N[C@H](c2ccc(C(F)(F)F)cc2)C(C)C)cc(=O)[nH]1. The number of nitrogens with zero attached hydrogens (tertiary/aromatic N) is 1. The van der Waals surface area contributed by atoms with Gasteiger partial charge in [0.1, 0.15) is 11.5 Å². The Morgan fingerprint density at radius 3 is 2.28 bits per heavy atom. The molecule has 2 aromatic rings. The molecule has 0 radical (unpaired) electrons. The fourth-order valence-electron chi connectivity index (χ4n) is 2.43. The van der Waals surface area contributed by atoms with Gasteiger partial charge in [0.15, 0.2) is 0 Å². The lowest BCUT2D eigenvalue weighted by Crippen LogP contribution is -2.33. The zero-order valence-electron chi connectivity index (χ0n) is 13.9. The third-order valence-electron chi connectivity index (χ3n) is 3.64. The van der Waals surface area contributed by atoms with Gasteiger partial charge in [-0.3, -0.25) is 9.59 Å². The highest BCUT2D eigenvalue weighted by atomic mass is 19.4. The normalized spacial score (nSPS) is 12.9. The van der Waals surface area contributed by atoms with Crippen molar-refractivity contribution < 1.29 is 18.0 Å². The Kier molecular flexibility index (Phi) is 5.30. The minimum absolute atomic E-state index is 0.0428. The Labute approximate surface area is 142 Å². The van der Waals surface area contributed by atoms with Crippen LogP contribution in [0.3, 0.4) is 0 Å². The number of aromatic nitrogens is 2. The molecule has 1 amide bonds. The summed E-state index contributed by atoms with van der Waals surface area (Å²) >= 11 is 0. The summed E-state index contributed by atoms with van der Waals surface area (Å²) in [5.41, 5.74) is -0.707. The summed E-state index contributed by atoms with van der Waals surface area (Å²) in [4.78, 5) is 30.2. The number of H-pyrrole nitrogens is 1. The topological polar surface area (TPSA) is 74.8 Å². The molecule has 1 atom stereocenters. The summed E-state index contributed by atoms with van der Waals surface area (Å²) < 4.78 is 38.0. The van der Waals surface area contributed by atoms with Crippen LogP contribution in [0, 0.1) is 12.8 Å². The highest BCUT2D eigenvalue weighted by Crippen LogP contribution is 2.31. The number of benzene rings is 1. The largest absolute Gasteiger partial charge is 0.416 e. The standard InChI is InChI=1S/C17H18F3N3O2/c1-9(2)15(11-4-6-12(7-5-11)17(18,19)20)23-16(25)13-8-14(24)22-10(3)21-13/h4-9,15H,1-3H3,(H,23,25)(H,21,22,24)/t15-/m0/s1. The van der Waals surface area contributed by atoms with Crippen molar-refractivity contribution in [1.29, 1.82) is 0 Å². The quantitative estimate of drug-likeness (QED) is 0.886. The van der Waals surface area contributed by atoms with Gasteiger partial charge in [-0.15, -0.1) is 0 Å². The van der Waals surface area contributed by atoms with Gasteiger partial charge >= 0.3 is 6.18 Å². The summed E-state index contributed by atoms with van der Waals surface area (Å²) in [5.74, 6) is -0.343. The van der Waals surface area contributed by atoms with Crippen LogP contribution in [0.15, 0.2) is 35.1 Å². The predicted octanol–water partition coefficient (Wildman–Crippen LogP) is 3.22. The first-order valence-electron chi connectivity index (χ1n) is 7.64. The molecular formula is C17H18F3N3O2. The van der Waals surface area contributed by atoms with Crippen molar-refractivity contribution in [2.45, 2.75) is 33.0 Å². The zero-order valence-corrected chi connectivity index (χ0v) is 13.9. The van der Waals surface area contributed by atoms with E-state index in [9.17, 15) is 22.8 Å². The summed E-state index contributed by atoms with van der Waals surface area (Å²) in [6.45, 7) is 5.21.